The molecular formula is C13H20F2N2O2S. The SMILES string of the molecule is CC(N[S@+]([O-])C(C)(C)C)c1ccc(OCC(F)F)nc1. The molecule has 0 saturated heterocycles. The van der Waals surface area contributed by atoms with Gasteiger partial charge in [-0.15, -0.1) is 4.72 Å². The number of pyridine rings is 1. The van der Waals surface area contributed by atoms with Crippen LogP contribution in [0.1, 0.15) is 39.3 Å². The van der Waals surface area contributed by atoms with Gasteiger partial charge in [-0.25, -0.2) is 13.8 Å². The first-order chi connectivity index (χ1) is 9.20. The molecule has 1 aromatic heterocycles. The van der Waals surface area contributed by atoms with Crippen LogP contribution >= 0.6 is 0 Å². The number of nitrogens with zero attached hydrogens (tertiary/aromatic N) is 1. The number of nitrogens with one attached hydrogen (secondary N) is 1. The summed E-state index contributed by atoms with van der Waals surface area (Å²) in [7, 11) is 0. The molecule has 0 aliphatic heterocycles. The molecule has 4 nitrogen and oxygen atoms in total. The number of hydrogen-bond donors (Lipinski definition) is 1. The molecule has 20 heavy (non-hydrogen) atoms. The van der Waals surface area contributed by atoms with Crippen molar-refractivity contribution in [2.45, 2.75) is 44.9 Å². The minimum atomic E-state index is -2.52. The Bertz CT molecular complexity index is 410. The third kappa shape index (κ3) is 5.60. The number of hydrogen-bond acceptors (Lipinski definition) is 4. The Morgan fingerprint density at radius 3 is 2.50 bits per heavy atom. The second kappa shape index (κ2) is 7.19. The van der Waals surface area contributed by atoms with Gasteiger partial charge in [0, 0.05) is 23.6 Å². The summed E-state index contributed by atoms with van der Waals surface area (Å²) >= 11 is -1.19. The molecule has 0 fully saturated rings. The number of halogens is 2. The lowest BCUT2D eigenvalue weighted by molar-refractivity contribution is 0.0796. The van der Waals surface area contributed by atoms with Crippen molar-refractivity contribution in [3.8, 4) is 5.88 Å². The van der Waals surface area contributed by atoms with Gasteiger partial charge in [-0.1, -0.05) is 6.07 Å². The maximum atomic E-state index is 12.0. The van der Waals surface area contributed by atoms with Crippen LogP contribution in [0, 0.1) is 0 Å². The summed E-state index contributed by atoms with van der Waals surface area (Å²) in [6.45, 7) is 6.82. The van der Waals surface area contributed by atoms with E-state index >= 15 is 0 Å². The van der Waals surface area contributed by atoms with Crippen molar-refractivity contribution in [2.75, 3.05) is 6.61 Å². The summed E-state index contributed by atoms with van der Waals surface area (Å²) in [4.78, 5) is 3.95. The maximum Gasteiger partial charge on any atom is 0.272 e. The zero-order chi connectivity index (χ0) is 15.3. The van der Waals surface area contributed by atoms with Crippen LogP contribution in [0.15, 0.2) is 18.3 Å². The number of ether oxygens (including phenoxy) is 1. The Morgan fingerprint density at radius 2 is 2.05 bits per heavy atom. The van der Waals surface area contributed by atoms with E-state index in [9.17, 15) is 13.3 Å². The molecule has 0 saturated carbocycles. The Hall–Kier alpha value is -0.920. The van der Waals surface area contributed by atoms with Crippen LogP contribution in [0.25, 0.3) is 0 Å². The molecule has 1 N–H and O–H groups in total. The minimum Gasteiger partial charge on any atom is -0.598 e. The third-order valence-corrected chi connectivity index (χ3v) is 4.14. The van der Waals surface area contributed by atoms with E-state index in [1.165, 1.54) is 12.3 Å². The zero-order valence-electron chi connectivity index (χ0n) is 12.0. The maximum absolute atomic E-state index is 12.0. The van der Waals surface area contributed by atoms with Crippen molar-refractivity contribution in [3.63, 3.8) is 0 Å². The molecule has 0 bridgehead atoms. The van der Waals surface area contributed by atoms with Crippen LogP contribution in [0.3, 0.4) is 0 Å². The van der Waals surface area contributed by atoms with Crippen molar-refractivity contribution in [2.24, 2.45) is 0 Å². The topological polar surface area (TPSA) is 57.2 Å². The van der Waals surface area contributed by atoms with E-state index < -0.39 is 24.4 Å². The molecule has 0 aliphatic rings. The second-order valence-electron chi connectivity index (χ2n) is 5.35. The molecule has 0 radical (unpaired) electrons. The van der Waals surface area contributed by atoms with Gasteiger partial charge in [0.25, 0.3) is 6.43 Å². The highest BCUT2D eigenvalue weighted by Crippen LogP contribution is 2.20. The van der Waals surface area contributed by atoms with Gasteiger partial charge in [-0.3, -0.25) is 0 Å². The average molecular weight is 306 g/mol. The fourth-order valence-electron chi connectivity index (χ4n) is 1.29. The van der Waals surface area contributed by atoms with E-state index in [1.54, 1.807) is 6.07 Å². The number of aromatic nitrogens is 1. The monoisotopic (exact) mass is 306 g/mol. The molecule has 0 amide bonds. The zero-order valence-corrected chi connectivity index (χ0v) is 12.8. The quantitative estimate of drug-likeness (QED) is 0.821. The van der Waals surface area contributed by atoms with Gasteiger partial charge in [0.2, 0.25) is 5.88 Å². The summed E-state index contributed by atoms with van der Waals surface area (Å²) in [5.41, 5.74) is 0.812. The predicted octanol–water partition coefficient (Wildman–Crippen LogP) is 2.84. The van der Waals surface area contributed by atoms with Crippen LogP contribution in [0.2, 0.25) is 0 Å². The Morgan fingerprint density at radius 1 is 1.40 bits per heavy atom. The molecular weight excluding hydrogens is 286 g/mol. The van der Waals surface area contributed by atoms with Gasteiger partial charge in [0.1, 0.15) is 4.75 Å². The molecule has 2 atom stereocenters. The molecule has 1 aromatic rings. The van der Waals surface area contributed by atoms with Gasteiger partial charge in [-0.2, -0.15) is 0 Å². The minimum absolute atomic E-state index is 0.151. The standard InChI is InChI=1S/C13H20F2N2O2S/c1-9(17-20(18)13(2,3)4)10-5-6-12(16-7-10)19-8-11(14)15/h5-7,9,11,17H,8H2,1-4H3/t9?,20-/m1/s1. The highest BCUT2D eigenvalue weighted by molar-refractivity contribution is 7.90. The third-order valence-electron chi connectivity index (χ3n) is 2.46. The Balaban J connectivity index is 2.59. The number of alkyl halides is 2. The fraction of sp³-hybridized carbons (Fsp3) is 0.615. The first-order valence-electron chi connectivity index (χ1n) is 6.25. The van der Waals surface area contributed by atoms with Gasteiger partial charge in [0.15, 0.2) is 6.61 Å². The Labute approximate surface area is 121 Å². The molecule has 7 heteroatoms. The second-order valence-corrected chi connectivity index (χ2v) is 7.35. The fourth-order valence-corrected chi connectivity index (χ4v) is 2.10. The molecule has 0 aromatic carbocycles. The van der Waals surface area contributed by atoms with Crippen molar-refractivity contribution < 1.29 is 18.1 Å². The van der Waals surface area contributed by atoms with E-state index in [2.05, 4.69) is 9.71 Å². The molecule has 114 valence electrons. The average Bonchev–Trinajstić information content (AvgIpc) is 2.35. The summed E-state index contributed by atoms with van der Waals surface area (Å²) in [6.07, 6.45) is -0.996. The van der Waals surface area contributed by atoms with Gasteiger partial charge in [-0.05, 0) is 33.3 Å². The van der Waals surface area contributed by atoms with Crippen LogP contribution in [0.5, 0.6) is 5.88 Å². The molecule has 0 spiro atoms. The lowest BCUT2D eigenvalue weighted by Gasteiger charge is -2.26. The van der Waals surface area contributed by atoms with Gasteiger partial charge >= 0.3 is 0 Å². The predicted molar refractivity (Wildman–Crippen MR) is 75.2 cm³/mol. The van der Waals surface area contributed by atoms with Crippen LogP contribution in [-0.2, 0) is 11.4 Å². The van der Waals surface area contributed by atoms with E-state index in [0.717, 1.165) is 5.56 Å². The first-order valence-corrected chi connectivity index (χ1v) is 7.40. The van der Waals surface area contributed by atoms with Gasteiger partial charge < -0.3 is 9.29 Å². The highest BCUT2D eigenvalue weighted by Gasteiger charge is 2.28. The lowest BCUT2D eigenvalue weighted by Crippen LogP contribution is -2.40. The van der Waals surface area contributed by atoms with Crippen molar-refractivity contribution in [3.05, 3.63) is 23.9 Å². The van der Waals surface area contributed by atoms with Crippen LogP contribution < -0.4 is 9.46 Å². The van der Waals surface area contributed by atoms with Crippen LogP contribution in [0.4, 0.5) is 8.78 Å². The van der Waals surface area contributed by atoms with E-state index in [-0.39, 0.29) is 16.7 Å². The summed E-state index contributed by atoms with van der Waals surface area (Å²) < 4.78 is 43.4. The summed E-state index contributed by atoms with van der Waals surface area (Å²) in [5, 5.41) is 0. The molecule has 1 heterocycles. The van der Waals surface area contributed by atoms with E-state index in [0.29, 0.717) is 0 Å². The van der Waals surface area contributed by atoms with Gasteiger partial charge in [0.05, 0.1) is 6.04 Å². The first kappa shape index (κ1) is 17.1. The van der Waals surface area contributed by atoms with E-state index in [1.807, 2.05) is 27.7 Å². The lowest BCUT2D eigenvalue weighted by atomic mass is 10.2. The van der Waals surface area contributed by atoms with Crippen molar-refractivity contribution >= 4 is 11.4 Å². The molecule has 1 rings (SSSR count). The van der Waals surface area contributed by atoms with Crippen LogP contribution in [-0.4, -0.2) is 27.3 Å². The summed E-state index contributed by atoms with van der Waals surface area (Å²) in [6, 6.07) is 3.08. The number of rotatable bonds is 6. The van der Waals surface area contributed by atoms with E-state index in [4.69, 9.17) is 4.74 Å². The van der Waals surface area contributed by atoms with Crippen molar-refractivity contribution in [1.29, 1.82) is 0 Å². The summed E-state index contributed by atoms with van der Waals surface area (Å²) in [5.74, 6) is 0.151. The largest absolute Gasteiger partial charge is 0.598 e. The van der Waals surface area contributed by atoms with Crippen molar-refractivity contribution in [1.82, 2.24) is 9.71 Å². The smallest absolute Gasteiger partial charge is 0.272 e. The normalized spacial score (nSPS) is 15.2. The molecule has 0 aliphatic carbocycles. The molecule has 1 unspecified atom stereocenters. The Kier molecular flexibility index (Phi) is 6.16. The highest BCUT2D eigenvalue weighted by atomic mass is 32.2.